The Morgan fingerprint density at radius 1 is 1.11 bits per heavy atom. The molecule has 0 N–H and O–H groups in total. The first-order valence-electron chi connectivity index (χ1n) is 5.45. The first kappa shape index (κ1) is 15.2. The van der Waals surface area contributed by atoms with Gasteiger partial charge in [0.2, 0.25) is 0 Å². The molecule has 5 heteroatoms. The lowest BCUT2D eigenvalue weighted by molar-refractivity contribution is 0.415. The third kappa shape index (κ3) is 3.46. The average molecular weight is 425 g/mol. The molecule has 0 aliphatic heterocycles. The Hall–Kier alpha value is -0.220. The lowest BCUT2D eigenvalue weighted by Gasteiger charge is -2.14. The minimum atomic E-state index is 0.00369. The minimum absolute atomic E-state index is 0.00369. The van der Waals surface area contributed by atoms with Gasteiger partial charge in [-0.1, -0.05) is 61.1 Å². The number of ether oxygens (including phenoxy) is 1. The highest BCUT2D eigenvalue weighted by atomic mass is 79.9. The maximum atomic E-state index is 6.15. The fourth-order valence-electron chi connectivity index (χ4n) is 1.73. The first-order valence-corrected chi connectivity index (χ1v) is 7.92. The summed E-state index contributed by atoms with van der Waals surface area (Å²) in [6.07, 6.45) is 0. The zero-order valence-corrected chi connectivity index (χ0v) is 14.6. The molecule has 0 saturated heterocycles. The smallest absolute Gasteiger partial charge is 0.137 e. The number of halogens is 4. The standard InChI is InChI=1S/C14H10Br2Cl2O/c1-19-13-5-2-8(6-12(13)18)14(16)10-7-9(17)3-4-11(10)15/h2-7,14H,1H3. The van der Waals surface area contributed by atoms with Crippen LogP contribution < -0.4 is 4.74 Å². The molecule has 0 bridgehead atoms. The second-order valence-corrected chi connectivity index (χ2v) is 6.54. The van der Waals surface area contributed by atoms with Gasteiger partial charge in [-0.05, 0) is 41.5 Å². The van der Waals surface area contributed by atoms with E-state index >= 15 is 0 Å². The normalized spacial score (nSPS) is 12.3. The van der Waals surface area contributed by atoms with E-state index in [4.69, 9.17) is 27.9 Å². The summed E-state index contributed by atoms with van der Waals surface area (Å²) in [5.74, 6) is 0.662. The van der Waals surface area contributed by atoms with Crippen LogP contribution in [0.25, 0.3) is 0 Å². The minimum Gasteiger partial charge on any atom is -0.495 e. The Bertz CT molecular complexity index is 602. The van der Waals surface area contributed by atoms with Crippen molar-refractivity contribution in [2.45, 2.75) is 4.83 Å². The van der Waals surface area contributed by atoms with Gasteiger partial charge in [-0.3, -0.25) is 0 Å². The van der Waals surface area contributed by atoms with Crippen molar-refractivity contribution >= 4 is 55.1 Å². The molecular weight excluding hydrogens is 415 g/mol. The summed E-state index contributed by atoms with van der Waals surface area (Å²) in [6, 6.07) is 11.4. The van der Waals surface area contributed by atoms with Crippen molar-refractivity contribution in [1.29, 1.82) is 0 Å². The zero-order chi connectivity index (χ0) is 14.0. The quantitative estimate of drug-likeness (QED) is 0.529. The monoisotopic (exact) mass is 422 g/mol. The summed E-state index contributed by atoms with van der Waals surface area (Å²) in [6.45, 7) is 0. The van der Waals surface area contributed by atoms with Crippen LogP contribution in [-0.4, -0.2) is 7.11 Å². The zero-order valence-electron chi connectivity index (χ0n) is 9.96. The molecule has 2 aromatic carbocycles. The maximum Gasteiger partial charge on any atom is 0.137 e. The third-order valence-electron chi connectivity index (χ3n) is 2.70. The van der Waals surface area contributed by atoms with Gasteiger partial charge in [-0.15, -0.1) is 0 Å². The molecule has 0 spiro atoms. The van der Waals surface area contributed by atoms with E-state index in [1.807, 2.05) is 36.4 Å². The van der Waals surface area contributed by atoms with Gasteiger partial charge in [0.1, 0.15) is 5.75 Å². The Morgan fingerprint density at radius 3 is 2.47 bits per heavy atom. The van der Waals surface area contributed by atoms with Crippen LogP contribution in [0.2, 0.25) is 10.0 Å². The lowest BCUT2D eigenvalue weighted by Crippen LogP contribution is -1.95. The molecule has 0 radical (unpaired) electrons. The van der Waals surface area contributed by atoms with E-state index in [-0.39, 0.29) is 4.83 Å². The topological polar surface area (TPSA) is 9.23 Å². The van der Waals surface area contributed by atoms with Crippen LogP contribution in [0.3, 0.4) is 0 Å². The van der Waals surface area contributed by atoms with Crippen LogP contribution in [0.15, 0.2) is 40.9 Å². The van der Waals surface area contributed by atoms with E-state index < -0.39 is 0 Å². The second kappa shape index (κ2) is 6.49. The molecule has 0 amide bonds. The van der Waals surface area contributed by atoms with Crippen molar-refractivity contribution in [2.24, 2.45) is 0 Å². The van der Waals surface area contributed by atoms with E-state index in [2.05, 4.69) is 31.9 Å². The average Bonchev–Trinajstić information content (AvgIpc) is 2.40. The SMILES string of the molecule is COc1ccc(C(Br)c2cc(Cl)ccc2Br)cc1Cl. The summed E-state index contributed by atoms with van der Waals surface area (Å²) < 4.78 is 6.14. The lowest BCUT2D eigenvalue weighted by atomic mass is 10.0. The third-order valence-corrected chi connectivity index (χ3v) is 4.97. The van der Waals surface area contributed by atoms with Crippen LogP contribution in [0.5, 0.6) is 5.75 Å². The highest BCUT2D eigenvalue weighted by molar-refractivity contribution is 9.11. The number of hydrogen-bond acceptors (Lipinski definition) is 1. The molecule has 100 valence electrons. The van der Waals surface area contributed by atoms with E-state index in [1.165, 1.54) is 0 Å². The Labute approximate surface area is 139 Å². The summed E-state index contributed by atoms with van der Waals surface area (Å²) in [4.78, 5) is 0.00369. The predicted octanol–water partition coefficient (Wildman–Crippen LogP) is 6.25. The van der Waals surface area contributed by atoms with Gasteiger partial charge in [-0.25, -0.2) is 0 Å². The van der Waals surface area contributed by atoms with Crippen molar-refractivity contribution in [1.82, 2.24) is 0 Å². The van der Waals surface area contributed by atoms with Gasteiger partial charge in [0.15, 0.2) is 0 Å². The molecular formula is C14H10Br2Cl2O. The maximum absolute atomic E-state index is 6.15. The van der Waals surface area contributed by atoms with Gasteiger partial charge in [0, 0.05) is 9.50 Å². The molecule has 0 saturated carbocycles. The van der Waals surface area contributed by atoms with Crippen LogP contribution in [0.4, 0.5) is 0 Å². The molecule has 0 heterocycles. The van der Waals surface area contributed by atoms with Gasteiger partial charge >= 0.3 is 0 Å². The molecule has 0 aliphatic rings. The first-order chi connectivity index (χ1) is 9.02. The number of methoxy groups -OCH3 is 1. The van der Waals surface area contributed by atoms with Crippen molar-refractivity contribution in [3.8, 4) is 5.75 Å². The van der Waals surface area contributed by atoms with E-state index in [0.29, 0.717) is 15.8 Å². The van der Waals surface area contributed by atoms with Crippen molar-refractivity contribution < 1.29 is 4.74 Å². The fraction of sp³-hybridized carbons (Fsp3) is 0.143. The van der Waals surface area contributed by atoms with Gasteiger partial charge < -0.3 is 4.74 Å². The van der Waals surface area contributed by atoms with Gasteiger partial charge in [-0.2, -0.15) is 0 Å². The molecule has 1 nitrogen and oxygen atoms in total. The number of rotatable bonds is 3. The Morgan fingerprint density at radius 2 is 1.84 bits per heavy atom. The Kier molecular flexibility index (Phi) is 5.18. The van der Waals surface area contributed by atoms with Gasteiger partial charge in [0.05, 0.1) is 17.0 Å². The molecule has 2 aromatic rings. The second-order valence-electron chi connectivity index (χ2n) is 3.92. The van der Waals surface area contributed by atoms with Crippen LogP contribution in [0.1, 0.15) is 16.0 Å². The molecule has 19 heavy (non-hydrogen) atoms. The molecule has 2 rings (SSSR count). The summed E-state index contributed by atoms with van der Waals surface area (Å²) in [5, 5.41) is 1.28. The van der Waals surface area contributed by atoms with Crippen molar-refractivity contribution in [2.75, 3.05) is 7.11 Å². The van der Waals surface area contributed by atoms with Crippen LogP contribution in [0, 0.1) is 0 Å². The molecule has 1 unspecified atom stereocenters. The van der Waals surface area contributed by atoms with E-state index in [0.717, 1.165) is 15.6 Å². The molecule has 0 aromatic heterocycles. The summed E-state index contributed by atoms with van der Waals surface area (Å²) >= 11 is 19.4. The van der Waals surface area contributed by atoms with E-state index in [1.54, 1.807) is 7.11 Å². The predicted molar refractivity (Wildman–Crippen MR) is 87.9 cm³/mol. The molecule has 0 aliphatic carbocycles. The summed E-state index contributed by atoms with van der Waals surface area (Å²) in [7, 11) is 1.60. The van der Waals surface area contributed by atoms with E-state index in [9.17, 15) is 0 Å². The number of hydrogen-bond donors (Lipinski definition) is 0. The van der Waals surface area contributed by atoms with Gasteiger partial charge in [0.25, 0.3) is 0 Å². The van der Waals surface area contributed by atoms with Crippen LogP contribution >= 0.6 is 55.1 Å². The highest BCUT2D eigenvalue weighted by Gasteiger charge is 2.15. The number of benzene rings is 2. The Balaban J connectivity index is 2.41. The molecule has 1 atom stereocenters. The molecule has 0 fully saturated rings. The largest absolute Gasteiger partial charge is 0.495 e. The highest BCUT2D eigenvalue weighted by Crippen LogP contribution is 2.39. The van der Waals surface area contributed by atoms with Crippen LogP contribution in [-0.2, 0) is 0 Å². The van der Waals surface area contributed by atoms with Crippen molar-refractivity contribution in [3.63, 3.8) is 0 Å². The number of alkyl halides is 1. The fourth-order valence-corrected chi connectivity index (χ4v) is 3.62. The summed E-state index contributed by atoms with van der Waals surface area (Å²) in [5.41, 5.74) is 2.09. The van der Waals surface area contributed by atoms with Crippen molar-refractivity contribution in [3.05, 3.63) is 62.0 Å².